The molecular formula is C12H21NO. The zero-order valence-electron chi connectivity index (χ0n) is 9.38. The molecule has 0 aliphatic rings. The Morgan fingerprint density at radius 3 is 2.57 bits per heavy atom. The van der Waals surface area contributed by atoms with E-state index in [4.69, 9.17) is 5.11 Å². The predicted octanol–water partition coefficient (Wildman–Crippen LogP) is 2.38. The summed E-state index contributed by atoms with van der Waals surface area (Å²) in [6, 6.07) is 0. The average molecular weight is 195 g/mol. The molecule has 0 aromatic carbocycles. The van der Waals surface area contributed by atoms with Gasteiger partial charge in [-0.25, -0.2) is 0 Å². The van der Waals surface area contributed by atoms with Crippen LogP contribution >= 0.6 is 0 Å². The summed E-state index contributed by atoms with van der Waals surface area (Å²) in [6.45, 7) is 7.13. The maximum atomic E-state index is 8.63. The lowest BCUT2D eigenvalue weighted by molar-refractivity contribution is 0.288. The van der Waals surface area contributed by atoms with Crippen molar-refractivity contribution in [3.05, 3.63) is 35.6 Å². The summed E-state index contributed by atoms with van der Waals surface area (Å²) < 4.78 is 0. The van der Waals surface area contributed by atoms with E-state index in [1.54, 1.807) is 0 Å². The Kier molecular flexibility index (Phi) is 7.95. The topological polar surface area (TPSA) is 32.3 Å². The van der Waals surface area contributed by atoms with Gasteiger partial charge in [-0.05, 0) is 38.8 Å². The molecule has 2 N–H and O–H groups in total. The number of allylic oxidation sites excluding steroid dienone is 5. The lowest BCUT2D eigenvalue weighted by Crippen LogP contribution is -2.14. The number of hydrogen-bond acceptors (Lipinski definition) is 2. The number of rotatable bonds is 6. The van der Waals surface area contributed by atoms with Gasteiger partial charge < -0.3 is 10.4 Å². The molecule has 0 radical (unpaired) electrons. The third-order valence-corrected chi connectivity index (χ3v) is 1.79. The standard InChI is InChI=1S/C12H21NO/c1-4-7-11(3)10-12(5-2)13-8-6-9-14/h4-5,7,10,13-14H,6,8-9H2,1-3H3/b7-4-,11-10-,12-5-. The van der Waals surface area contributed by atoms with Crippen LogP contribution in [0.1, 0.15) is 27.2 Å². The highest BCUT2D eigenvalue weighted by atomic mass is 16.3. The van der Waals surface area contributed by atoms with Crippen LogP contribution in [0.4, 0.5) is 0 Å². The van der Waals surface area contributed by atoms with Gasteiger partial charge in [-0.3, -0.25) is 0 Å². The Morgan fingerprint density at radius 2 is 2.07 bits per heavy atom. The molecule has 0 saturated carbocycles. The molecule has 0 aromatic heterocycles. The molecule has 0 atom stereocenters. The Hall–Kier alpha value is -1.02. The largest absolute Gasteiger partial charge is 0.396 e. The molecule has 0 fully saturated rings. The fraction of sp³-hybridized carbons (Fsp3) is 0.500. The summed E-state index contributed by atoms with van der Waals surface area (Å²) in [5.74, 6) is 0. The maximum absolute atomic E-state index is 8.63. The van der Waals surface area contributed by atoms with E-state index in [9.17, 15) is 0 Å². The SMILES string of the molecule is C\C=C/C(C)=C\C(=C\C)NCCCO. The molecule has 0 saturated heterocycles. The van der Waals surface area contributed by atoms with Gasteiger partial charge in [-0.2, -0.15) is 0 Å². The van der Waals surface area contributed by atoms with Gasteiger partial charge in [-0.1, -0.05) is 18.2 Å². The van der Waals surface area contributed by atoms with E-state index in [0.717, 1.165) is 18.7 Å². The monoisotopic (exact) mass is 195 g/mol. The van der Waals surface area contributed by atoms with Crippen molar-refractivity contribution in [1.82, 2.24) is 5.32 Å². The molecule has 0 spiro atoms. The molecule has 0 bridgehead atoms. The predicted molar refractivity (Wildman–Crippen MR) is 62.0 cm³/mol. The Labute approximate surface area is 87.0 Å². The van der Waals surface area contributed by atoms with Crippen LogP contribution in [0.15, 0.2) is 35.6 Å². The Morgan fingerprint density at radius 1 is 1.36 bits per heavy atom. The van der Waals surface area contributed by atoms with Gasteiger partial charge in [0.15, 0.2) is 0 Å². The van der Waals surface area contributed by atoms with Crippen molar-refractivity contribution in [2.75, 3.05) is 13.2 Å². The average Bonchev–Trinajstić information content (AvgIpc) is 2.17. The summed E-state index contributed by atoms with van der Waals surface area (Å²) in [7, 11) is 0. The molecule has 14 heavy (non-hydrogen) atoms. The molecule has 0 aliphatic carbocycles. The first kappa shape index (κ1) is 13.0. The second-order valence-corrected chi connectivity index (χ2v) is 3.14. The lowest BCUT2D eigenvalue weighted by atomic mass is 10.2. The molecule has 0 unspecified atom stereocenters. The highest BCUT2D eigenvalue weighted by molar-refractivity contribution is 5.27. The van der Waals surface area contributed by atoms with Crippen molar-refractivity contribution in [2.24, 2.45) is 0 Å². The molecule has 0 aliphatic heterocycles. The van der Waals surface area contributed by atoms with Crippen molar-refractivity contribution in [3.8, 4) is 0 Å². The quantitative estimate of drug-likeness (QED) is 0.504. The van der Waals surface area contributed by atoms with Gasteiger partial charge in [0.25, 0.3) is 0 Å². The molecule has 0 heterocycles. The van der Waals surface area contributed by atoms with E-state index < -0.39 is 0 Å². The van der Waals surface area contributed by atoms with Gasteiger partial charge in [0.05, 0.1) is 0 Å². The van der Waals surface area contributed by atoms with E-state index >= 15 is 0 Å². The van der Waals surface area contributed by atoms with Crippen LogP contribution in [-0.2, 0) is 0 Å². The molecular weight excluding hydrogens is 174 g/mol. The van der Waals surface area contributed by atoms with E-state index in [-0.39, 0.29) is 6.61 Å². The van der Waals surface area contributed by atoms with Crippen LogP contribution < -0.4 is 5.32 Å². The molecule has 0 amide bonds. The van der Waals surface area contributed by atoms with Gasteiger partial charge in [-0.15, -0.1) is 0 Å². The molecule has 0 aromatic rings. The number of aliphatic hydroxyl groups excluding tert-OH is 1. The zero-order valence-corrected chi connectivity index (χ0v) is 9.38. The minimum Gasteiger partial charge on any atom is -0.396 e. The lowest BCUT2D eigenvalue weighted by Gasteiger charge is -2.06. The van der Waals surface area contributed by atoms with Crippen molar-refractivity contribution >= 4 is 0 Å². The van der Waals surface area contributed by atoms with Crippen LogP contribution in [0.3, 0.4) is 0 Å². The van der Waals surface area contributed by atoms with Crippen LogP contribution in [0.25, 0.3) is 0 Å². The second-order valence-electron chi connectivity index (χ2n) is 3.14. The van der Waals surface area contributed by atoms with Crippen molar-refractivity contribution in [2.45, 2.75) is 27.2 Å². The minimum atomic E-state index is 0.238. The van der Waals surface area contributed by atoms with E-state index in [2.05, 4.69) is 24.4 Å². The van der Waals surface area contributed by atoms with Crippen molar-refractivity contribution < 1.29 is 5.11 Å². The first-order valence-electron chi connectivity index (χ1n) is 5.06. The molecule has 0 rings (SSSR count). The highest BCUT2D eigenvalue weighted by Crippen LogP contribution is 2.01. The zero-order chi connectivity index (χ0) is 10.8. The van der Waals surface area contributed by atoms with E-state index in [1.807, 2.05) is 26.0 Å². The smallest absolute Gasteiger partial charge is 0.0447 e. The normalized spacial score (nSPS) is 13.7. The number of nitrogens with one attached hydrogen (secondary N) is 1. The first-order valence-corrected chi connectivity index (χ1v) is 5.06. The van der Waals surface area contributed by atoms with Crippen LogP contribution in [0.2, 0.25) is 0 Å². The molecule has 2 nitrogen and oxygen atoms in total. The van der Waals surface area contributed by atoms with E-state index in [0.29, 0.717) is 0 Å². The van der Waals surface area contributed by atoms with Crippen LogP contribution in [0.5, 0.6) is 0 Å². The van der Waals surface area contributed by atoms with Gasteiger partial charge in [0.2, 0.25) is 0 Å². The summed E-state index contributed by atoms with van der Waals surface area (Å²) in [4.78, 5) is 0. The fourth-order valence-electron chi connectivity index (χ4n) is 1.10. The Bertz CT molecular complexity index is 226. The van der Waals surface area contributed by atoms with Gasteiger partial charge in [0.1, 0.15) is 0 Å². The Balaban J connectivity index is 4.09. The summed E-state index contributed by atoms with van der Waals surface area (Å²) in [5.41, 5.74) is 2.33. The van der Waals surface area contributed by atoms with Crippen LogP contribution in [-0.4, -0.2) is 18.3 Å². The third-order valence-electron chi connectivity index (χ3n) is 1.79. The maximum Gasteiger partial charge on any atom is 0.0447 e. The third kappa shape index (κ3) is 6.49. The number of aliphatic hydroxyl groups is 1. The van der Waals surface area contributed by atoms with Crippen molar-refractivity contribution in [1.29, 1.82) is 0 Å². The fourth-order valence-corrected chi connectivity index (χ4v) is 1.10. The second kappa shape index (κ2) is 8.57. The summed E-state index contributed by atoms with van der Waals surface area (Å²) in [6.07, 6.45) is 9.00. The number of hydrogen-bond donors (Lipinski definition) is 2. The summed E-state index contributed by atoms with van der Waals surface area (Å²) >= 11 is 0. The first-order chi connectivity index (χ1) is 6.74. The van der Waals surface area contributed by atoms with E-state index in [1.165, 1.54) is 5.57 Å². The highest BCUT2D eigenvalue weighted by Gasteiger charge is 1.90. The van der Waals surface area contributed by atoms with Gasteiger partial charge in [0, 0.05) is 18.8 Å². The molecule has 2 heteroatoms. The van der Waals surface area contributed by atoms with Gasteiger partial charge >= 0.3 is 0 Å². The van der Waals surface area contributed by atoms with Crippen molar-refractivity contribution in [3.63, 3.8) is 0 Å². The molecule has 80 valence electrons. The summed E-state index contributed by atoms with van der Waals surface area (Å²) in [5, 5.41) is 11.9. The minimum absolute atomic E-state index is 0.238. The van der Waals surface area contributed by atoms with Crippen LogP contribution in [0, 0.1) is 0 Å².